The van der Waals surface area contributed by atoms with E-state index in [1.54, 1.807) is 24.0 Å². The van der Waals surface area contributed by atoms with Gasteiger partial charge in [0.1, 0.15) is 0 Å². The lowest BCUT2D eigenvalue weighted by molar-refractivity contribution is -0.0270. The quantitative estimate of drug-likeness (QED) is 0.479. The Kier molecular flexibility index (Phi) is 1.84. The molecule has 5 saturated carbocycles. The van der Waals surface area contributed by atoms with Crippen LogP contribution in [0, 0.1) is 64.6 Å². The van der Waals surface area contributed by atoms with Gasteiger partial charge in [0.25, 0.3) is 0 Å². The molecular formula is C24H26. The average Bonchev–Trinajstić information content (AvgIpc) is 3.37. The van der Waals surface area contributed by atoms with Crippen molar-refractivity contribution in [1.82, 2.24) is 0 Å². The van der Waals surface area contributed by atoms with Crippen LogP contribution in [0.1, 0.15) is 30.4 Å². The number of allylic oxidation sites excluding steroid dienone is 2. The molecule has 8 rings (SSSR count). The largest absolute Gasteiger partial charge is 0.0848 e. The molecule has 122 valence electrons. The van der Waals surface area contributed by atoms with Gasteiger partial charge in [-0.05, 0) is 108 Å². The molecule has 0 aromatic heterocycles. The van der Waals surface area contributed by atoms with Gasteiger partial charge < -0.3 is 0 Å². The lowest BCUT2D eigenvalue weighted by Gasteiger charge is -2.55. The standard InChI is InChI=1S/C24H26/c1-2-4-15-10-24-11-18(19(24)8-12(15)3-1)22-16-9-17(23(22)24)21-14-6-5-13(7-14)20(16)21/h1-6,13-14,16-23H,7-11H2. The molecule has 11 unspecified atom stereocenters. The zero-order chi connectivity index (χ0) is 15.2. The second-order valence-corrected chi connectivity index (χ2v) is 10.6. The summed E-state index contributed by atoms with van der Waals surface area (Å²) >= 11 is 0. The van der Waals surface area contributed by atoms with Crippen molar-refractivity contribution >= 4 is 0 Å². The second-order valence-electron chi connectivity index (χ2n) is 10.6. The third kappa shape index (κ3) is 1.06. The molecule has 5 fully saturated rings. The van der Waals surface area contributed by atoms with Gasteiger partial charge in [-0.3, -0.25) is 0 Å². The fourth-order valence-corrected chi connectivity index (χ4v) is 10.5. The van der Waals surface area contributed by atoms with Crippen LogP contribution in [0.15, 0.2) is 36.4 Å². The van der Waals surface area contributed by atoms with Gasteiger partial charge in [-0.15, -0.1) is 0 Å². The molecule has 0 saturated heterocycles. The number of rotatable bonds is 0. The lowest BCUT2D eigenvalue weighted by Crippen LogP contribution is -2.50. The summed E-state index contributed by atoms with van der Waals surface area (Å²) in [7, 11) is 0. The highest BCUT2D eigenvalue weighted by molar-refractivity contribution is 5.39. The zero-order valence-electron chi connectivity index (χ0n) is 14.3. The summed E-state index contributed by atoms with van der Waals surface area (Å²) in [5, 5.41) is 0. The molecule has 0 radical (unpaired) electrons. The molecule has 11 atom stereocenters. The molecule has 0 aliphatic heterocycles. The van der Waals surface area contributed by atoms with Crippen LogP contribution < -0.4 is 0 Å². The Morgan fingerprint density at radius 2 is 1.58 bits per heavy atom. The van der Waals surface area contributed by atoms with Crippen molar-refractivity contribution < 1.29 is 0 Å². The zero-order valence-corrected chi connectivity index (χ0v) is 14.3. The van der Waals surface area contributed by atoms with Crippen LogP contribution in [0.2, 0.25) is 0 Å². The molecule has 0 N–H and O–H groups in total. The summed E-state index contributed by atoms with van der Waals surface area (Å²) in [5.74, 6) is 10.9. The summed E-state index contributed by atoms with van der Waals surface area (Å²) in [5.41, 5.74) is 4.18. The molecule has 0 heterocycles. The van der Waals surface area contributed by atoms with E-state index >= 15 is 0 Å². The van der Waals surface area contributed by atoms with Gasteiger partial charge in [0.05, 0.1) is 0 Å². The van der Waals surface area contributed by atoms with Crippen molar-refractivity contribution in [2.24, 2.45) is 64.6 Å². The van der Waals surface area contributed by atoms with Crippen LogP contribution in [0.4, 0.5) is 0 Å². The minimum Gasteiger partial charge on any atom is -0.0848 e. The van der Waals surface area contributed by atoms with Crippen molar-refractivity contribution in [1.29, 1.82) is 0 Å². The maximum atomic E-state index is 2.63. The summed E-state index contributed by atoms with van der Waals surface area (Å²) < 4.78 is 0. The normalized spacial score (nSPS) is 62.2. The van der Waals surface area contributed by atoms with Gasteiger partial charge in [0, 0.05) is 0 Å². The van der Waals surface area contributed by atoms with Gasteiger partial charge >= 0.3 is 0 Å². The highest BCUT2D eigenvalue weighted by atomic mass is 14.8. The van der Waals surface area contributed by atoms with Crippen molar-refractivity contribution in [3.8, 4) is 0 Å². The van der Waals surface area contributed by atoms with E-state index in [9.17, 15) is 0 Å². The minimum atomic E-state index is 0.750. The molecule has 1 aromatic rings. The van der Waals surface area contributed by atoms with E-state index in [4.69, 9.17) is 0 Å². The first-order valence-electron chi connectivity index (χ1n) is 10.6. The monoisotopic (exact) mass is 314 g/mol. The van der Waals surface area contributed by atoms with Gasteiger partial charge in [0.2, 0.25) is 0 Å². The van der Waals surface area contributed by atoms with E-state index in [0.717, 1.165) is 64.6 Å². The van der Waals surface area contributed by atoms with Crippen LogP contribution in [0.25, 0.3) is 0 Å². The molecule has 0 nitrogen and oxygen atoms in total. The lowest BCUT2D eigenvalue weighted by atomic mass is 9.49. The van der Waals surface area contributed by atoms with E-state index in [2.05, 4.69) is 36.4 Å². The van der Waals surface area contributed by atoms with Crippen molar-refractivity contribution in [3.05, 3.63) is 47.5 Å². The molecule has 6 bridgehead atoms. The maximum Gasteiger partial charge on any atom is -0.0186 e. The third-order valence-corrected chi connectivity index (χ3v) is 10.6. The van der Waals surface area contributed by atoms with Gasteiger partial charge in [0.15, 0.2) is 0 Å². The van der Waals surface area contributed by atoms with E-state index in [0.29, 0.717) is 0 Å². The number of hydrogen-bond acceptors (Lipinski definition) is 0. The van der Waals surface area contributed by atoms with Crippen molar-refractivity contribution in [2.75, 3.05) is 0 Å². The van der Waals surface area contributed by atoms with E-state index in [1.165, 1.54) is 19.3 Å². The fraction of sp³-hybridized carbons (Fsp3) is 0.667. The first-order chi connectivity index (χ1) is 11.9. The van der Waals surface area contributed by atoms with E-state index in [-0.39, 0.29) is 0 Å². The maximum absolute atomic E-state index is 2.63. The van der Waals surface area contributed by atoms with Crippen LogP contribution in [-0.4, -0.2) is 0 Å². The third-order valence-electron chi connectivity index (χ3n) is 10.6. The van der Waals surface area contributed by atoms with Crippen molar-refractivity contribution in [3.63, 3.8) is 0 Å². The van der Waals surface area contributed by atoms with Crippen LogP contribution in [0.3, 0.4) is 0 Å². The van der Waals surface area contributed by atoms with Gasteiger partial charge in [-0.1, -0.05) is 36.4 Å². The summed E-state index contributed by atoms with van der Waals surface area (Å²) in [6.07, 6.45) is 12.9. The summed E-state index contributed by atoms with van der Waals surface area (Å²) in [4.78, 5) is 0. The predicted molar refractivity (Wildman–Crippen MR) is 94.2 cm³/mol. The van der Waals surface area contributed by atoms with Crippen LogP contribution in [-0.2, 0) is 12.8 Å². The first kappa shape index (κ1) is 12.3. The predicted octanol–water partition coefficient (Wildman–Crippen LogP) is 4.74. The molecule has 24 heavy (non-hydrogen) atoms. The number of fused-ring (bicyclic) bond motifs is 14. The molecule has 0 heteroatoms. The Labute approximate surface area is 144 Å². The number of hydrogen-bond donors (Lipinski definition) is 0. The highest BCUT2D eigenvalue weighted by Gasteiger charge is 2.79. The first-order valence-corrected chi connectivity index (χ1v) is 10.6. The topological polar surface area (TPSA) is 0 Å². The van der Waals surface area contributed by atoms with E-state index < -0.39 is 0 Å². The smallest absolute Gasteiger partial charge is 0.0186 e. The van der Waals surface area contributed by atoms with E-state index in [1.807, 2.05) is 0 Å². The summed E-state index contributed by atoms with van der Waals surface area (Å²) in [6, 6.07) is 9.45. The fourth-order valence-electron chi connectivity index (χ4n) is 10.5. The van der Waals surface area contributed by atoms with Crippen LogP contribution in [0.5, 0.6) is 0 Å². The highest BCUT2D eigenvalue weighted by Crippen LogP contribution is 2.84. The Morgan fingerprint density at radius 3 is 2.46 bits per heavy atom. The SMILES string of the molecule is C1=CC2CC1C1C3CC(C21)C1C3C2CC13Cc1ccccc1CC23. The summed E-state index contributed by atoms with van der Waals surface area (Å²) in [6.45, 7) is 0. The average molecular weight is 314 g/mol. The molecule has 7 aliphatic carbocycles. The van der Waals surface area contributed by atoms with Crippen LogP contribution >= 0.6 is 0 Å². The molecule has 0 amide bonds. The molecule has 1 aromatic carbocycles. The molecule has 7 aliphatic rings. The Bertz CT molecular complexity index is 804. The second kappa shape index (κ2) is 3.57. The van der Waals surface area contributed by atoms with Crippen molar-refractivity contribution in [2.45, 2.75) is 32.1 Å². The molecule has 0 spiro atoms. The van der Waals surface area contributed by atoms with Gasteiger partial charge in [-0.2, -0.15) is 0 Å². The Morgan fingerprint density at radius 1 is 0.792 bits per heavy atom. The number of benzene rings is 1. The Balaban J connectivity index is 1.26. The molecular weight excluding hydrogens is 288 g/mol. The van der Waals surface area contributed by atoms with Gasteiger partial charge in [-0.25, -0.2) is 0 Å². The minimum absolute atomic E-state index is 0.750. The Hall–Kier alpha value is -1.04.